The molecule has 1 aromatic rings. The molecule has 1 aliphatic heterocycles. The first kappa shape index (κ1) is 20.5. The molecule has 1 heterocycles. The molecular formula is C18H26F3N3O2. The van der Waals surface area contributed by atoms with Crippen LogP contribution in [-0.4, -0.2) is 57.4 Å². The van der Waals surface area contributed by atoms with Crippen LogP contribution in [0, 0.1) is 0 Å². The molecule has 0 radical (unpaired) electrons. The van der Waals surface area contributed by atoms with Gasteiger partial charge in [-0.3, -0.25) is 4.99 Å². The van der Waals surface area contributed by atoms with Gasteiger partial charge in [-0.05, 0) is 17.7 Å². The van der Waals surface area contributed by atoms with Gasteiger partial charge in [-0.25, -0.2) is 0 Å². The lowest BCUT2D eigenvalue weighted by molar-refractivity contribution is -0.137. The van der Waals surface area contributed by atoms with Crippen LogP contribution in [-0.2, 0) is 22.2 Å². The molecule has 146 valence electrons. The van der Waals surface area contributed by atoms with Gasteiger partial charge in [0.2, 0.25) is 0 Å². The number of hydrogen-bond acceptors (Lipinski definition) is 3. The Kier molecular flexibility index (Phi) is 6.88. The number of ether oxygens (including phenoxy) is 2. The molecule has 8 heteroatoms. The van der Waals surface area contributed by atoms with Gasteiger partial charge >= 0.3 is 6.18 Å². The second kappa shape index (κ2) is 8.73. The number of rotatable bonds is 5. The molecule has 1 N–H and O–H groups in total. The molecule has 26 heavy (non-hydrogen) atoms. The number of aliphatic imine (C=N–C) groups is 1. The van der Waals surface area contributed by atoms with Crippen molar-refractivity contribution >= 4 is 5.96 Å². The summed E-state index contributed by atoms with van der Waals surface area (Å²) in [7, 11) is 5.22. The van der Waals surface area contributed by atoms with Crippen molar-refractivity contribution in [3.05, 3.63) is 35.4 Å². The topological polar surface area (TPSA) is 46.1 Å². The lowest BCUT2D eigenvalue weighted by atomic mass is 9.94. The van der Waals surface area contributed by atoms with Crippen LogP contribution in [0.25, 0.3) is 0 Å². The Labute approximate surface area is 152 Å². The molecule has 0 unspecified atom stereocenters. The zero-order chi connectivity index (χ0) is 19.2. The van der Waals surface area contributed by atoms with E-state index >= 15 is 0 Å². The highest BCUT2D eigenvalue weighted by atomic mass is 19.4. The van der Waals surface area contributed by atoms with Crippen LogP contribution in [0.1, 0.15) is 24.0 Å². The summed E-state index contributed by atoms with van der Waals surface area (Å²) in [5.41, 5.74) is -0.160. The number of alkyl halides is 3. The minimum Gasteiger partial charge on any atom is -0.381 e. The third kappa shape index (κ3) is 5.35. The second-order valence-electron chi connectivity index (χ2n) is 6.45. The van der Waals surface area contributed by atoms with Crippen LogP contribution >= 0.6 is 0 Å². The van der Waals surface area contributed by atoms with Gasteiger partial charge < -0.3 is 19.7 Å². The van der Waals surface area contributed by atoms with E-state index in [-0.39, 0.29) is 5.60 Å². The van der Waals surface area contributed by atoms with Crippen LogP contribution in [0.4, 0.5) is 13.2 Å². The van der Waals surface area contributed by atoms with Crippen LogP contribution < -0.4 is 5.32 Å². The van der Waals surface area contributed by atoms with Gasteiger partial charge in [0.15, 0.2) is 5.96 Å². The Balaban J connectivity index is 1.95. The van der Waals surface area contributed by atoms with E-state index in [0.29, 0.717) is 32.3 Å². The summed E-state index contributed by atoms with van der Waals surface area (Å²) in [4.78, 5) is 6.12. The second-order valence-corrected chi connectivity index (χ2v) is 6.45. The first-order valence-electron chi connectivity index (χ1n) is 8.50. The molecule has 5 nitrogen and oxygen atoms in total. The third-order valence-corrected chi connectivity index (χ3v) is 4.68. The fourth-order valence-electron chi connectivity index (χ4n) is 2.97. The van der Waals surface area contributed by atoms with E-state index in [1.165, 1.54) is 12.1 Å². The summed E-state index contributed by atoms with van der Waals surface area (Å²) in [5, 5.41) is 3.30. The summed E-state index contributed by atoms with van der Waals surface area (Å²) in [6.07, 6.45) is -2.72. The molecular weight excluding hydrogens is 347 g/mol. The Hall–Kier alpha value is -1.80. The SMILES string of the molecule is CN=C(NCC1(OC)CCOCC1)N(C)Cc1ccc(C(F)(F)F)cc1. The zero-order valence-electron chi connectivity index (χ0n) is 15.4. The van der Waals surface area contributed by atoms with Crippen molar-refractivity contribution < 1.29 is 22.6 Å². The van der Waals surface area contributed by atoms with Crippen LogP contribution in [0.2, 0.25) is 0 Å². The van der Waals surface area contributed by atoms with Gasteiger partial charge in [0.05, 0.1) is 11.2 Å². The molecule has 0 bridgehead atoms. The van der Waals surface area contributed by atoms with Crippen LogP contribution in [0.3, 0.4) is 0 Å². The molecule has 0 spiro atoms. The van der Waals surface area contributed by atoms with Crippen molar-refractivity contribution in [1.29, 1.82) is 0 Å². The maximum absolute atomic E-state index is 12.7. The molecule has 0 amide bonds. The van der Waals surface area contributed by atoms with E-state index in [9.17, 15) is 13.2 Å². The zero-order valence-corrected chi connectivity index (χ0v) is 15.4. The van der Waals surface area contributed by atoms with Crippen LogP contribution in [0.15, 0.2) is 29.3 Å². The first-order valence-corrected chi connectivity index (χ1v) is 8.50. The van der Waals surface area contributed by atoms with E-state index in [0.717, 1.165) is 30.5 Å². The molecule has 1 aromatic carbocycles. The Bertz CT molecular complexity index is 597. The maximum atomic E-state index is 12.7. The Morgan fingerprint density at radius 2 is 1.88 bits per heavy atom. The van der Waals surface area contributed by atoms with Gasteiger partial charge in [0.25, 0.3) is 0 Å². The van der Waals surface area contributed by atoms with Gasteiger partial charge in [-0.1, -0.05) is 12.1 Å². The molecule has 0 aliphatic carbocycles. The van der Waals surface area contributed by atoms with Crippen molar-refractivity contribution in [1.82, 2.24) is 10.2 Å². The number of benzene rings is 1. The summed E-state index contributed by atoms with van der Waals surface area (Å²) >= 11 is 0. The lowest BCUT2D eigenvalue weighted by Crippen LogP contribution is -2.50. The maximum Gasteiger partial charge on any atom is 0.416 e. The molecule has 1 fully saturated rings. The lowest BCUT2D eigenvalue weighted by Gasteiger charge is -2.37. The van der Waals surface area contributed by atoms with Gasteiger partial charge in [0.1, 0.15) is 0 Å². The molecule has 0 aromatic heterocycles. The summed E-state index contributed by atoms with van der Waals surface area (Å²) in [5.74, 6) is 0.660. The summed E-state index contributed by atoms with van der Waals surface area (Å²) in [6, 6.07) is 5.17. The summed E-state index contributed by atoms with van der Waals surface area (Å²) < 4.78 is 49.0. The number of hydrogen-bond donors (Lipinski definition) is 1. The largest absolute Gasteiger partial charge is 0.416 e. The standard InChI is InChI=1S/C18H26F3N3O2/c1-22-16(23-13-17(25-3)8-10-26-11-9-17)24(2)12-14-4-6-15(7-5-14)18(19,20)21/h4-7H,8-13H2,1-3H3,(H,22,23). The van der Waals surface area contributed by atoms with Crippen molar-refractivity contribution in [3.63, 3.8) is 0 Å². The first-order chi connectivity index (χ1) is 12.3. The highest BCUT2D eigenvalue weighted by Gasteiger charge is 2.33. The van der Waals surface area contributed by atoms with E-state index in [1.807, 2.05) is 11.9 Å². The number of halogens is 3. The number of guanidine groups is 1. The fourth-order valence-corrected chi connectivity index (χ4v) is 2.97. The minimum atomic E-state index is -4.32. The highest BCUT2D eigenvalue weighted by molar-refractivity contribution is 5.79. The quantitative estimate of drug-likeness (QED) is 0.637. The number of nitrogens with zero attached hydrogens (tertiary/aromatic N) is 2. The molecule has 0 atom stereocenters. The van der Waals surface area contributed by atoms with Gasteiger partial charge in [-0.15, -0.1) is 0 Å². The predicted molar refractivity (Wildman–Crippen MR) is 94.1 cm³/mol. The Morgan fingerprint density at radius 3 is 2.38 bits per heavy atom. The smallest absolute Gasteiger partial charge is 0.381 e. The highest BCUT2D eigenvalue weighted by Crippen LogP contribution is 2.29. The van der Waals surface area contributed by atoms with E-state index < -0.39 is 11.7 Å². The minimum absolute atomic E-state index is 0.288. The van der Waals surface area contributed by atoms with Gasteiger partial charge in [0, 0.05) is 60.4 Å². The predicted octanol–water partition coefficient (Wildman–Crippen LogP) is 2.91. The molecule has 2 rings (SSSR count). The number of methoxy groups -OCH3 is 1. The average molecular weight is 373 g/mol. The van der Waals surface area contributed by atoms with Crippen molar-refractivity contribution in [2.75, 3.05) is 41.0 Å². The third-order valence-electron chi connectivity index (χ3n) is 4.68. The summed E-state index contributed by atoms with van der Waals surface area (Å²) in [6.45, 7) is 2.36. The number of nitrogens with one attached hydrogen (secondary N) is 1. The van der Waals surface area contributed by atoms with Crippen molar-refractivity contribution in [2.24, 2.45) is 4.99 Å². The molecule has 1 aliphatic rings. The Morgan fingerprint density at radius 1 is 1.27 bits per heavy atom. The monoisotopic (exact) mass is 373 g/mol. The van der Waals surface area contributed by atoms with Crippen LogP contribution in [0.5, 0.6) is 0 Å². The molecule has 1 saturated heterocycles. The average Bonchev–Trinajstić information content (AvgIpc) is 2.62. The fraction of sp³-hybridized carbons (Fsp3) is 0.611. The molecule has 0 saturated carbocycles. The van der Waals surface area contributed by atoms with Crippen molar-refractivity contribution in [3.8, 4) is 0 Å². The van der Waals surface area contributed by atoms with E-state index in [1.54, 1.807) is 14.2 Å². The van der Waals surface area contributed by atoms with E-state index in [4.69, 9.17) is 9.47 Å². The van der Waals surface area contributed by atoms with Gasteiger partial charge in [-0.2, -0.15) is 13.2 Å². The van der Waals surface area contributed by atoms with E-state index in [2.05, 4.69) is 10.3 Å². The normalized spacial score (nSPS) is 17.8. The van der Waals surface area contributed by atoms with Crippen molar-refractivity contribution in [2.45, 2.75) is 31.2 Å².